The van der Waals surface area contributed by atoms with Gasteiger partial charge in [-0.2, -0.15) is 0 Å². The van der Waals surface area contributed by atoms with E-state index >= 15 is 0 Å². The number of terminal acetylenes is 1. The Bertz CT molecular complexity index is 184. The lowest BCUT2D eigenvalue weighted by molar-refractivity contribution is -0.121. The zero-order chi connectivity index (χ0) is 10.6. The molecule has 1 amide bonds. The van der Waals surface area contributed by atoms with Crippen molar-refractivity contribution in [1.82, 2.24) is 5.32 Å². The Balaban J connectivity index is 3.16. The van der Waals surface area contributed by atoms with Crippen molar-refractivity contribution < 1.29 is 4.79 Å². The molecular formula is C11H20N2O. The summed E-state index contributed by atoms with van der Waals surface area (Å²) in [6.45, 7) is 1.41. The lowest BCUT2D eigenvalue weighted by Gasteiger charge is -2.03. The Morgan fingerprint density at radius 2 is 2.07 bits per heavy atom. The molecule has 0 unspecified atom stereocenters. The summed E-state index contributed by atoms with van der Waals surface area (Å²) < 4.78 is 0. The second-order valence-corrected chi connectivity index (χ2v) is 3.26. The lowest BCUT2D eigenvalue weighted by Crippen LogP contribution is -2.23. The van der Waals surface area contributed by atoms with Crippen LogP contribution in [0.5, 0.6) is 0 Å². The molecule has 0 aromatic rings. The highest BCUT2D eigenvalue weighted by molar-refractivity contribution is 5.75. The van der Waals surface area contributed by atoms with Gasteiger partial charge in [-0.3, -0.25) is 4.79 Å². The van der Waals surface area contributed by atoms with Crippen LogP contribution in [0.25, 0.3) is 0 Å². The van der Waals surface area contributed by atoms with E-state index in [1.54, 1.807) is 0 Å². The Morgan fingerprint density at radius 3 is 2.71 bits per heavy atom. The fourth-order valence-electron chi connectivity index (χ4n) is 1.11. The molecule has 0 bridgehead atoms. The van der Waals surface area contributed by atoms with Gasteiger partial charge in [0.15, 0.2) is 0 Å². The van der Waals surface area contributed by atoms with Crippen LogP contribution < -0.4 is 11.1 Å². The van der Waals surface area contributed by atoms with Gasteiger partial charge < -0.3 is 11.1 Å². The average molecular weight is 196 g/mol. The Kier molecular flexibility index (Phi) is 9.35. The van der Waals surface area contributed by atoms with Crippen LogP contribution in [0.3, 0.4) is 0 Å². The van der Waals surface area contributed by atoms with Crippen LogP contribution in [0, 0.1) is 12.3 Å². The van der Waals surface area contributed by atoms with E-state index in [9.17, 15) is 4.79 Å². The number of carbonyl (C=O) groups excluding carboxylic acids is 1. The minimum atomic E-state index is 0.124. The molecule has 0 aliphatic rings. The molecule has 0 atom stereocenters. The van der Waals surface area contributed by atoms with E-state index in [0.29, 0.717) is 19.5 Å². The summed E-state index contributed by atoms with van der Waals surface area (Å²) in [4.78, 5) is 11.2. The second kappa shape index (κ2) is 10.1. The van der Waals surface area contributed by atoms with Gasteiger partial charge in [0.2, 0.25) is 5.91 Å². The molecule has 0 spiro atoms. The highest BCUT2D eigenvalue weighted by Gasteiger charge is 1.98. The minimum Gasteiger partial charge on any atom is -0.356 e. The fraction of sp³-hybridized carbons (Fsp3) is 0.727. The van der Waals surface area contributed by atoms with Crippen LogP contribution in [-0.4, -0.2) is 19.0 Å². The van der Waals surface area contributed by atoms with Crippen LogP contribution >= 0.6 is 0 Å². The van der Waals surface area contributed by atoms with Crippen molar-refractivity contribution in [2.24, 2.45) is 5.73 Å². The van der Waals surface area contributed by atoms with Gasteiger partial charge in [-0.05, 0) is 25.8 Å². The lowest BCUT2D eigenvalue weighted by atomic mass is 10.2. The molecule has 0 fully saturated rings. The maximum Gasteiger partial charge on any atom is 0.219 e. The van der Waals surface area contributed by atoms with Crippen molar-refractivity contribution >= 4 is 5.91 Å². The van der Waals surface area contributed by atoms with Gasteiger partial charge in [0, 0.05) is 19.4 Å². The topological polar surface area (TPSA) is 55.1 Å². The molecule has 80 valence electrons. The maximum absolute atomic E-state index is 11.2. The van der Waals surface area contributed by atoms with Crippen LogP contribution in [0.2, 0.25) is 0 Å². The van der Waals surface area contributed by atoms with Crippen molar-refractivity contribution in [3.63, 3.8) is 0 Å². The van der Waals surface area contributed by atoms with Crippen LogP contribution in [0.1, 0.15) is 38.5 Å². The van der Waals surface area contributed by atoms with Crippen molar-refractivity contribution in [3.05, 3.63) is 0 Å². The summed E-state index contributed by atoms with van der Waals surface area (Å²) in [7, 11) is 0. The highest BCUT2D eigenvalue weighted by Crippen LogP contribution is 1.98. The molecule has 3 N–H and O–H groups in total. The molecule has 0 saturated heterocycles. The van der Waals surface area contributed by atoms with Crippen molar-refractivity contribution in [2.45, 2.75) is 38.5 Å². The first-order chi connectivity index (χ1) is 6.81. The predicted molar refractivity (Wildman–Crippen MR) is 58.6 cm³/mol. The molecule has 0 heterocycles. The number of rotatable bonds is 8. The number of hydrogen-bond donors (Lipinski definition) is 2. The van der Waals surface area contributed by atoms with Crippen molar-refractivity contribution in [3.8, 4) is 12.3 Å². The Hall–Kier alpha value is -1.01. The third kappa shape index (κ3) is 9.08. The molecule has 0 rings (SSSR count). The molecule has 0 saturated carbocycles. The standard InChI is InChI=1S/C11H20N2O/c1-2-3-7-10-13-11(14)8-5-4-6-9-12/h1H,3-10,12H2,(H,13,14). The van der Waals surface area contributed by atoms with Gasteiger partial charge in [0.05, 0.1) is 0 Å². The number of amides is 1. The number of nitrogens with two attached hydrogens (primary N) is 1. The smallest absolute Gasteiger partial charge is 0.219 e. The van der Waals surface area contributed by atoms with Crippen LogP contribution in [0.15, 0.2) is 0 Å². The SMILES string of the molecule is C#CCCCNC(=O)CCCCCN. The third-order valence-corrected chi connectivity index (χ3v) is 1.93. The molecule has 0 radical (unpaired) electrons. The van der Waals surface area contributed by atoms with Gasteiger partial charge in [-0.15, -0.1) is 12.3 Å². The second-order valence-electron chi connectivity index (χ2n) is 3.26. The molecule has 0 aliphatic carbocycles. The Labute approximate surface area is 86.4 Å². The molecule has 0 aliphatic heterocycles. The van der Waals surface area contributed by atoms with E-state index in [-0.39, 0.29) is 5.91 Å². The first-order valence-electron chi connectivity index (χ1n) is 5.21. The molecule has 3 heteroatoms. The molecular weight excluding hydrogens is 176 g/mol. The summed E-state index contributed by atoms with van der Waals surface area (Å²) in [5, 5.41) is 2.83. The first-order valence-corrected chi connectivity index (χ1v) is 5.21. The number of carbonyl (C=O) groups is 1. The van der Waals surface area contributed by atoms with Gasteiger partial charge >= 0.3 is 0 Å². The summed E-state index contributed by atoms with van der Waals surface area (Å²) in [5.41, 5.74) is 5.34. The van der Waals surface area contributed by atoms with Gasteiger partial charge in [-0.25, -0.2) is 0 Å². The van der Waals surface area contributed by atoms with E-state index in [1.165, 1.54) is 0 Å². The van der Waals surface area contributed by atoms with E-state index in [2.05, 4.69) is 11.2 Å². The van der Waals surface area contributed by atoms with Gasteiger partial charge in [0.25, 0.3) is 0 Å². The zero-order valence-corrected chi connectivity index (χ0v) is 8.72. The van der Waals surface area contributed by atoms with Crippen LogP contribution in [-0.2, 0) is 4.79 Å². The third-order valence-electron chi connectivity index (χ3n) is 1.93. The molecule has 3 nitrogen and oxygen atoms in total. The molecule has 0 aromatic carbocycles. The average Bonchev–Trinajstić information content (AvgIpc) is 2.19. The van der Waals surface area contributed by atoms with Crippen LogP contribution in [0.4, 0.5) is 0 Å². The first kappa shape index (κ1) is 13.0. The molecule has 14 heavy (non-hydrogen) atoms. The number of nitrogens with one attached hydrogen (secondary N) is 1. The van der Waals surface area contributed by atoms with Crippen molar-refractivity contribution in [1.29, 1.82) is 0 Å². The quantitative estimate of drug-likeness (QED) is 0.450. The monoisotopic (exact) mass is 196 g/mol. The fourth-order valence-corrected chi connectivity index (χ4v) is 1.11. The zero-order valence-electron chi connectivity index (χ0n) is 8.72. The minimum absolute atomic E-state index is 0.124. The largest absolute Gasteiger partial charge is 0.356 e. The van der Waals surface area contributed by atoms with Crippen molar-refractivity contribution in [2.75, 3.05) is 13.1 Å². The highest BCUT2D eigenvalue weighted by atomic mass is 16.1. The number of unbranched alkanes of at least 4 members (excludes halogenated alkanes) is 3. The van der Waals surface area contributed by atoms with E-state index in [0.717, 1.165) is 32.1 Å². The summed E-state index contributed by atoms with van der Waals surface area (Å²) in [6.07, 6.45) is 10.3. The van der Waals surface area contributed by atoms with E-state index in [4.69, 9.17) is 12.2 Å². The number of hydrogen-bond acceptors (Lipinski definition) is 2. The summed E-state index contributed by atoms with van der Waals surface area (Å²) in [6, 6.07) is 0. The molecule has 0 aromatic heterocycles. The summed E-state index contributed by atoms with van der Waals surface area (Å²) >= 11 is 0. The Morgan fingerprint density at radius 1 is 1.29 bits per heavy atom. The predicted octanol–water partition coefficient (Wildman–Crippen LogP) is 1.04. The van der Waals surface area contributed by atoms with E-state index in [1.807, 2.05) is 0 Å². The van der Waals surface area contributed by atoms with Gasteiger partial charge in [0.1, 0.15) is 0 Å². The maximum atomic E-state index is 11.2. The van der Waals surface area contributed by atoms with E-state index < -0.39 is 0 Å². The summed E-state index contributed by atoms with van der Waals surface area (Å²) in [5.74, 6) is 2.66. The normalized spacial score (nSPS) is 9.43. The van der Waals surface area contributed by atoms with Gasteiger partial charge in [-0.1, -0.05) is 6.42 Å².